The number of thioether (sulfide) groups is 1. The van der Waals surface area contributed by atoms with Gasteiger partial charge in [-0.3, -0.25) is 4.79 Å². The van der Waals surface area contributed by atoms with Crippen LogP contribution in [0.3, 0.4) is 0 Å². The quantitative estimate of drug-likeness (QED) is 0.595. The fourth-order valence-corrected chi connectivity index (χ4v) is 3.01. The number of rotatable bonds is 7. The molecule has 0 bridgehead atoms. The lowest BCUT2D eigenvalue weighted by atomic mass is 9.92. The van der Waals surface area contributed by atoms with Gasteiger partial charge in [-0.1, -0.05) is 6.92 Å². The van der Waals surface area contributed by atoms with E-state index in [2.05, 4.69) is 0 Å². The predicted molar refractivity (Wildman–Crippen MR) is 82.2 cm³/mol. The van der Waals surface area contributed by atoms with Crippen molar-refractivity contribution in [2.45, 2.75) is 36.6 Å². The van der Waals surface area contributed by atoms with Crippen LogP contribution in [0.25, 0.3) is 0 Å². The molecule has 1 aromatic rings. The van der Waals surface area contributed by atoms with Crippen molar-refractivity contribution in [3.8, 4) is 11.5 Å². The molecule has 1 unspecified atom stereocenters. The van der Waals surface area contributed by atoms with E-state index in [0.717, 1.165) is 28.6 Å². The summed E-state index contributed by atoms with van der Waals surface area (Å²) in [7, 11) is 0. The van der Waals surface area contributed by atoms with Crippen LogP contribution in [0.5, 0.6) is 11.5 Å². The smallest absolute Gasteiger partial charge is 0.323 e. The van der Waals surface area contributed by atoms with Crippen molar-refractivity contribution in [2.24, 2.45) is 5.73 Å². The van der Waals surface area contributed by atoms with Crippen LogP contribution in [0.1, 0.15) is 26.2 Å². The number of aliphatic carboxylic acids is 1. The largest absolute Gasteiger partial charge is 0.486 e. The van der Waals surface area contributed by atoms with Gasteiger partial charge in [0.05, 0.1) is 0 Å². The van der Waals surface area contributed by atoms with E-state index in [1.807, 2.05) is 25.1 Å². The molecule has 0 saturated heterocycles. The van der Waals surface area contributed by atoms with Crippen LogP contribution < -0.4 is 15.2 Å². The van der Waals surface area contributed by atoms with Crippen LogP contribution in [0.15, 0.2) is 23.1 Å². The standard InChI is InChI=1S/C15H21NO4S/c1-2-15(16,14(17)18)6-3-9-21-11-4-5-12-13(10-11)20-8-7-19-12/h4-5,10H,2-3,6-9,16H2,1H3,(H,17,18). The fourth-order valence-electron chi connectivity index (χ4n) is 2.13. The first-order valence-electron chi connectivity index (χ1n) is 7.10. The lowest BCUT2D eigenvalue weighted by molar-refractivity contribution is -0.143. The first-order valence-corrected chi connectivity index (χ1v) is 8.08. The van der Waals surface area contributed by atoms with Crippen molar-refractivity contribution in [1.29, 1.82) is 0 Å². The zero-order valence-electron chi connectivity index (χ0n) is 12.1. The fraction of sp³-hybridized carbons (Fsp3) is 0.533. The summed E-state index contributed by atoms with van der Waals surface area (Å²) in [5.74, 6) is 1.46. The van der Waals surface area contributed by atoms with Gasteiger partial charge in [0.1, 0.15) is 18.8 Å². The molecule has 0 fully saturated rings. The SMILES string of the molecule is CCC(N)(CCCSc1ccc2c(c1)OCCO2)C(=O)O. The summed E-state index contributed by atoms with van der Waals surface area (Å²) in [6.45, 7) is 2.97. The van der Waals surface area contributed by atoms with Gasteiger partial charge in [-0.15, -0.1) is 11.8 Å². The second-order valence-electron chi connectivity index (χ2n) is 5.07. The van der Waals surface area contributed by atoms with Crippen LogP contribution in [0, 0.1) is 0 Å². The minimum atomic E-state index is -1.10. The summed E-state index contributed by atoms with van der Waals surface area (Å²) >= 11 is 1.67. The molecule has 5 nitrogen and oxygen atoms in total. The topological polar surface area (TPSA) is 81.8 Å². The van der Waals surface area contributed by atoms with Gasteiger partial charge in [-0.2, -0.15) is 0 Å². The maximum atomic E-state index is 11.1. The molecule has 1 aliphatic heterocycles. The van der Waals surface area contributed by atoms with Crippen LogP contribution in [-0.2, 0) is 4.79 Å². The maximum absolute atomic E-state index is 11.1. The van der Waals surface area contributed by atoms with Crippen LogP contribution in [-0.4, -0.2) is 35.6 Å². The van der Waals surface area contributed by atoms with E-state index in [4.69, 9.17) is 20.3 Å². The van der Waals surface area contributed by atoms with Crippen molar-refractivity contribution in [1.82, 2.24) is 0 Å². The second kappa shape index (κ2) is 7.04. The Labute approximate surface area is 128 Å². The van der Waals surface area contributed by atoms with Gasteiger partial charge in [-0.05, 0) is 43.2 Å². The molecule has 1 aromatic carbocycles. The number of carbonyl (C=O) groups is 1. The van der Waals surface area contributed by atoms with E-state index in [0.29, 0.717) is 26.1 Å². The Morgan fingerprint density at radius 2 is 2.10 bits per heavy atom. The number of nitrogens with two attached hydrogens (primary N) is 1. The summed E-state index contributed by atoms with van der Waals surface area (Å²) in [6, 6.07) is 5.87. The minimum absolute atomic E-state index is 0.441. The third-order valence-electron chi connectivity index (χ3n) is 3.61. The third-order valence-corrected chi connectivity index (χ3v) is 4.69. The van der Waals surface area contributed by atoms with Crippen molar-refractivity contribution < 1.29 is 19.4 Å². The summed E-state index contributed by atoms with van der Waals surface area (Å²) in [5.41, 5.74) is 4.76. The molecule has 1 atom stereocenters. The first kappa shape index (κ1) is 16.0. The van der Waals surface area contributed by atoms with Crippen molar-refractivity contribution in [2.75, 3.05) is 19.0 Å². The highest BCUT2D eigenvalue weighted by Gasteiger charge is 2.30. The van der Waals surface area contributed by atoms with Gasteiger partial charge >= 0.3 is 5.97 Å². The zero-order chi connectivity index (χ0) is 15.3. The van der Waals surface area contributed by atoms with E-state index >= 15 is 0 Å². The molecule has 0 amide bonds. The third kappa shape index (κ3) is 4.04. The van der Waals surface area contributed by atoms with Crippen molar-refractivity contribution in [3.05, 3.63) is 18.2 Å². The zero-order valence-corrected chi connectivity index (χ0v) is 12.9. The normalized spacial score (nSPS) is 16.3. The number of hydrogen-bond acceptors (Lipinski definition) is 5. The average Bonchev–Trinajstić information content (AvgIpc) is 2.51. The highest BCUT2D eigenvalue weighted by atomic mass is 32.2. The summed E-state index contributed by atoms with van der Waals surface area (Å²) in [6.07, 6.45) is 1.68. The molecule has 1 heterocycles. The molecule has 0 radical (unpaired) electrons. The van der Waals surface area contributed by atoms with E-state index in [-0.39, 0.29) is 0 Å². The monoisotopic (exact) mass is 311 g/mol. The van der Waals surface area contributed by atoms with Gasteiger partial charge in [-0.25, -0.2) is 0 Å². The van der Waals surface area contributed by atoms with Crippen LogP contribution in [0.2, 0.25) is 0 Å². The van der Waals surface area contributed by atoms with E-state index in [1.54, 1.807) is 11.8 Å². The highest BCUT2D eigenvalue weighted by molar-refractivity contribution is 7.99. The van der Waals surface area contributed by atoms with Gasteiger partial charge < -0.3 is 20.3 Å². The molecule has 21 heavy (non-hydrogen) atoms. The minimum Gasteiger partial charge on any atom is -0.486 e. The highest BCUT2D eigenvalue weighted by Crippen LogP contribution is 2.34. The van der Waals surface area contributed by atoms with Gasteiger partial charge in [0.2, 0.25) is 0 Å². The molecule has 3 N–H and O–H groups in total. The Morgan fingerprint density at radius 1 is 1.38 bits per heavy atom. The average molecular weight is 311 g/mol. The summed E-state index contributed by atoms with van der Waals surface area (Å²) in [5, 5.41) is 9.12. The number of benzene rings is 1. The van der Waals surface area contributed by atoms with E-state index < -0.39 is 11.5 Å². The number of fused-ring (bicyclic) bond motifs is 1. The summed E-state index contributed by atoms with van der Waals surface area (Å²) in [4.78, 5) is 12.2. The Kier molecular flexibility index (Phi) is 5.36. The Hall–Kier alpha value is -1.40. The van der Waals surface area contributed by atoms with Crippen molar-refractivity contribution >= 4 is 17.7 Å². The number of carboxylic acid groups (broad SMARTS) is 1. The molecule has 116 valence electrons. The van der Waals surface area contributed by atoms with Gasteiger partial charge in [0.15, 0.2) is 11.5 Å². The molecular weight excluding hydrogens is 290 g/mol. The predicted octanol–water partition coefficient (Wildman–Crippen LogP) is 2.52. The second-order valence-corrected chi connectivity index (χ2v) is 6.24. The lowest BCUT2D eigenvalue weighted by Crippen LogP contribution is -2.47. The van der Waals surface area contributed by atoms with E-state index in [9.17, 15) is 4.79 Å². The molecule has 1 aliphatic rings. The van der Waals surface area contributed by atoms with Crippen LogP contribution >= 0.6 is 11.8 Å². The van der Waals surface area contributed by atoms with Crippen molar-refractivity contribution in [3.63, 3.8) is 0 Å². The van der Waals surface area contributed by atoms with Gasteiger partial charge in [0.25, 0.3) is 0 Å². The molecule has 0 aromatic heterocycles. The number of carboxylic acids is 1. The number of hydrogen-bond donors (Lipinski definition) is 2. The Bertz CT molecular complexity index is 508. The molecule has 0 saturated carbocycles. The molecule has 0 spiro atoms. The Morgan fingerprint density at radius 3 is 2.76 bits per heavy atom. The summed E-state index contributed by atoms with van der Waals surface area (Å²) < 4.78 is 11.0. The van der Waals surface area contributed by atoms with E-state index in [1.165, 1.54) is 0 Å². The Balaban J connectivity index is 1.82. The molecule has 6 heteroatoms. The molecule has 0 aliphatic carbocycles. The lowest BCUT2D eigenvalue weighted by Gasteiger charge is -2.22. The molecule has 2 rings (SSSR count). The number of ether oxygens (including phenoxy) is 2. The van der Waals surface area contributed by atoms with Crippen LogP contribution in [0.4, 0.5) is 0 Å². The van der Waals surface area contributed by atoms with Gasteiger partial charge in [0, 0.05) is 4.90 Å². The maximum Gasteiger partial charge on any atom is 0.323 e. The first-order chi connectivity index (χ1) is 10.0. The molecular formula is C15H21NO4S.